The summed E-state index contributed by atoms with van der Waals surface area (Å²) in [5.41, 5.74) is 1.57. The Morgan fingerprint density at radius 1 is 1.12 bits per heavy atom. The number of esters is 1. The van der Waals surface area contributed by atoms with E-state index in [2.05, 4.69) is 10.6 Å². The SMILES string of the molecule is CNC(=O)c1cccc(NC(=O)COC(=O)c2ccc(C)cc2O)c1. The molecule has 0 spiro atoms. The summed E-state index contributed by atoms with van der Waals surface area (Å²) in [4.78, 5) is 35.3. The molecule has 3 N–H and O–H groups in total. The molecule has 0 aliphatic carbocycles. The van der Waals surface area contributed by atoms with Crippen molar-refractivity contribution in [3.63, 3.8) is 0 Å². The molecule has 7 nitrogen and oxygen atoms in total. The topological polar surface area (TPSA) is 105 Å². The van der Waals surface area contributed by atoms with Gasteiger partial charge in [0.25, 0.3) is 11.8 Å². The van der Waals surface area contributed by atoms with Crippen molar-refractivity contribution in [3.8, 4) is 5.75 Å². The van der Waals surface area contributed by atoms with Gasteiger partial charge < -0.3 is 20.5 Å². The molecule has 2 aromatic rings. The van der Waals surface area contributed by atoms with Gasteiger partial charge in [-0.25, -0.2) is 4.79 Å². The van der Waals surface area contributed by atoms with Crippen LogP contribution in [0.5, 0.6) is 5.75 Å². The summed E-state index contributed by atoms with van der Waals surface area (Å²) in [7, 11) is 1.51. The van der Waals surface area contributed by atoms with Gasteiger partial charge >= 0.3 is 5.97 Å². The van der Waals surface area contributed by atoms with E-state index in [0.29, 0.717) is 11.3 Å². The molecule has 130 valence electrons. The third-order valence-electron chi connectivity index (χ3n) is 3.34. The Morgan fingerprint density at radius 3 is 2.56 bits per heavy atom. The van der Waals surface area contributed by atoms with Crippen LogP contribution < -0.4 is 10.6 Å². The molecule has 0 unspecified atom stereocenters. The second kappa shape index (κ2) is 7.96. The van der Waals surface area contributed by atoms with Crippen LogP contribution in [0.15, 0.2) is 42.5 Å². The lowest BCUT2D eigenvalue weighted by atomic mass is 10.1. The first-order chi connectivity index (χ1) is 11.9. The number of aromatic hydroxyl groups is 1. The van der Waals surface area contributed by atoms with E-state index in [1.807, 2.05) is 0 Å². The van der Waals surface area contributed by atoms with E-state index in [4.69, 9.17) is 4.74 Å². The third kappa shape index (κ3) is 4.81. The fraction of sp³-hybridized carbons (Fsp3) is 0.167. The van der Waals surface area contributed by atoms with E-state index in [1.54, 1.807) is 31.2 Å². The van der Waals surface area contributed by atoms with Gasteiger partial charge in [-0.1, -0.05) is 12.1 Å². The molecule has 2 aromatic carbocycles. The van der Waals surface area contributed by atoms with Crippen LogP contribution in [0.4, 0.5) is 5.69 Å². The number of phenols is 1. The molecule has 2 amide bonds. The van der Waals surface area contributed by atoms with Crippen molar-refractivity contribution in [1.82, 2.24) is 5.32 Å². The largest absolute Gasteiger partial charge is 0.507 e. The molecule has 0 radical (unpaired) electrons. The van der Waals surface area contributed by atoms with Crippen LogP contribution in [0.3, 0.4) is 0 Å². The van der Waals surface area contributed by atoms with Crippen molar-refractivity contribution in [2.24, 2.45) is 0 Å². The summed E-state index contributed by atoms with van der Waals surface area (Å²) in [6, 6.07) is 10.9. The minimum Gasteiger partial charge on any atom is -0.507 e. The van der Waals surface area contributed by atoms with Crippen LogP contribution >= 0.6 is 0 Å². The Bertz CT molecular complexity index is 817. The fourth-order valence-corrected chi connectivity index (χ4v) is 2.10. The number of hydrogen-bond acceptors (Lipinski definition) is 5. The molecule has 0 saturated carbocycles. The number of nitrogens with one attached hydrogen (secondary N) is 2. The van der Waals surface area contributed by atoms with E-state index in [0.717, 1.165) is 5.56 Å². The van der Waals surface area contributed by atoms with Crippen molar-refractivity contribution >= 4 is 23.5 Å². The van der Waals surface area contributed by atoms with Gasteiger partial charge in [0.05, 0.1) is 0 Å². The third-order valence-corrected chi connectivity index (χ3v) is 3.34. The zero-order valence-electron chi connectivity index (χ0n) is 13.8. The average molecular weight is 342 g/mol. The average Bonchev–Trinajstić information content (AvgIpc) is 2.59. The summed E-state index contributed by atoms with van der Waals surface area (Å²) in [6.07, 6.45) is 0. The molecular weight excluding hydrogens is 324 g/mol. The lowest BCUT2D eigenvalue weighted by Crippen LogP contribution is -2.22. The summed E-state index contributed by atoms with van der Waals surface area (Å²) < 4.78 is 4.89. The highest BCUT2D eigenvalue weighted by molar-refractivity contribution is 5.98. The van der Waals surface area contributed by atoms with Gasteiger partial charge in [-0.05, 0) is 42.8 Å². The monoisotopic (exact) mass is 342 g/mol. The van der Waals surface area contributed by atoms with Crippen molar-refractivity contribution in [2.45, 2.75) is 6.92 Å². The maximum atomic E-state index is 11.9. The van der Waals surface area contributed by atoms with E-state index >= 15 is 0 Å². The Hall–Kier alpha value is -3.35. The molecule has 2 rings (SSSR count). The van der Waals surface area contributed by atoms with E-state index in [9.17, 15) is 19.5 Å². The lowest BCUT2D eigenvalue weighted by Gasteiger charge is -2.09. The van der Waals surface area contributed by atoms with Gasteiger partial charge in [0.15, 0.2) is 6.61 Å². The molecule has 0 aromatic heterocycles. The molecule has 0 atom stereocenters. The van der Waals surface area contributed by atoms with Gasteiger partial charge in [-0.3, -0.25) is 9.59 Å². The Morgan fingerprint density at radius 2 is 1.88 bits per heavy atom. The molecule has 0 aliphatic rings. The molecule has 0 saturated heterocycles. The highest BCUT2D eigenvalue weighted by Crippen LogP contribution is 2.19. The minimum atomic E-state index is -0.799. The number of phenolic OH excluding ortho intramolecular Hbond substituents is 1. The summed E-state index contributed by atoms with van der Waals surface area (Å²) in [6.45, 7) is 1.26. The number of carbonyl (C=O) groups is 3. The van der Waals surface area contributed by atoms with E-state index in [-0.39, 0.29) is 17.2 Å². The standard InChI is InChI=1S/C18H18N2O5/c1-11-6-7-14(15(21)8-11)18(24)25-10-16(22)20-13-5-3-4-12(9-13)17(23)19-2/h3-9,21H,10H2,1-2H3,(H,19,23)(H,20,22). The number of benzene rings is 2. The van der Waals surface area contributed by atoms with E-state index < -0.39 is 18.5 Å². The number of carbonyl (C=O) groups excluding carboxylic acids is 3. The van der Waals surface area contributed by atoms with Crippen LogP contribution in [0.2, 0.25) is 0 Å². The highest BCUT2D eigenvalue weighted by Gasteiger charge is 2.14. The van der Waals surface area contributed by atoms with Crippen molar-refractivity contribution in [2.75, 3.05) is 19.0 Å². The minimum absolute atomic E-state index is 0.0139. The van der Waals surface area contributed by atoms with Crippen molar-refractivity contribution < 1.29 is 24.2 Å². The van der Waals surface area contributed by atoms with Crippen molar-refractivity contribution in [1.29, 1.82) is 0 Å². The number of hydrogen-bond donors (Lipinski definition) is 3. The predicted octanol–water partition coefficient (Wildman–Crippen LogP) is 1.86. The number of amides is 2. The molecule has 0 aliphatic heterocycles. The summed E-state index contributed by atoms with van der Waals surface area (Å²) in [5.74, 6) is -1.85. The first kappa shape index (κ1) is 18.0. The second-order valence-electron chi connectivity index (χ2n) is 5.30. The first-order valence-corrected chi connectivity index (χ1v) is 7.49. The highest BCUT2D eigenvalue weighted by atomic mass is 16.5. The van der Waals surface area contributed by atoms with Crippen LogP contribution in [-0.2, 0) is 9.53 Å². The predicted molar refractivity (Wildman–Crippen MR) is 91.6 cm³/mol. The number of ether oxygens (including phenoxy) is 1. The Balaban J connectivity index is 1.94. The van der Waals surface area contributed by atoms with Gasteiger partial charge in [0.1, 0.15) is 11.3 Å². The molecule has 0 bridgehead atoms. The van der Waals surface area contributed by atoms with Crippen LogP contribution in [0.25, 0.3) is 0 Å². The number of aryl methyl sites for hydroxylation is 1. The number of anilines is 1. The van der Waals surface area contributed by atoms with Gasteiger partial charge in [-0.15, -0.1) is 0 Å². The molecule has 7 heteroatoms. The summed E-state index contributed by atoms with van der Waals surface area (Å²) >= 11 is 0. The lowest BCUT2D eigenvalue weighted by molar-refractivity contribution is -0.119. The maximum Gasteiger partial charge on any atom is 0.342 e. The second-order valence-corrected chi connectivity index (χ2v) is 5.30. The quantitative estimate of drug-likeness (QED) is 0.719. The fourth-order valence-electron chi connectivity index (χ4n) is 2.10. The molecule has 0 fully saturated rings. The Kier molecular flexibility index (Phi) is 5.73. The number of rotatable bonds is 5. The van der Waals surface area contributed by atoms with Gasteiger partial charge in [0.2, 0.25) is 0 Å². The van der Waals surface area contributed by atoms with Gasteiger partial charge in [0, 0.05) is 18.3 Å². The first-order valence-electron chi connectivity index (χ1n) is 7.49. The normalized spacial score (nSPS) is 10.0. The van der Waals surface area contributed by atoms with Crippen LogP contribution in [0.1, 0.15) is 26.3 Å². The zero-order valence-corrected chi connectivity index (χ0v) is 13.8. The maximum absolute atomic E-state index is 11.9. The zero-order chi connectivity index (χ0) is 18.4. The molecule has 25 heavy (non-hydrogen) atoms. The van der Waals surface area contributed by atoms with Crippen molar-refractivity contribution in [3.05, 3.63) is 59.2 Å². The smallest absolute Gasteiger partial charge is 0.342 e. The molecular formula is C18H18N2O5. The Labute approximate surface area is 144 Å². The van der Waals surface area contributed by atoms with E-state index in [1.165, 1.54) is 25.2 Å². The van der Waals surface area contributed by atoms with Gasteiger partial charge in [-0.2, -0.15) is 0 Å². The summed E-state index contributed by atoms with van der Waals surface area (Å²) in [5, 5.41) is 14.7. The van der Waals surface area contributed by atoms with Crippen LogP contribution in [0, 0.1) is 6.92 Å². The molecule has 0 heterocycles. The van der Waals surface area contributed by atoms with Crippen LogP contribution in [-0.4, -0.2) is 36.5 Å².